The zero-order valence-electron chi connectivity index (χ0n) is 19.8. The van der Waals surface area contributed by atoms with Gasteiger partial charge < -0.3 is 0 Å². The summed E-state index contributed by atoms with van der Waals surface area (Å²) < 4.78 is 1.99. The first-order valence-corrected chi connectivity index (χ1v) is 11.6. The molecule has 3 aromatic carbocycles. The van der Waals surface area contributed by atoms with Crippen LogP contribution in [0.25, 0.3) is 49.5 Å². The molecule has 0 aliphatic heterocycles. The lowest BCUT2D eigenvalue weighted by atomic mass is 9.86. The Morgan fingerprint density at radius 1 is 0.800 bits per heavy atom. The second-order valence-electron chi connectivity index (χ2n) is 9.45. The van der Waals surface area contributed by atoms with E-state index in [0.29, 0.717) is 0 Å². The van der Waals surface area contributed by atoms with Gasteiger partial charge in [0.05, 0.1) is 39.4 Å². The molecule has 0 radical (unpaired) electrons. The summed E-state index contributed by atoms with van der Waals surface area (Å²) in [4.78, 5) is 9.36. The predicted octanol–water partition coefficient (Wildman–Crippen LogP) is 6.90. The van der Waals surface area contributed by atoms with Crippen molar-refractivity contribution in [1.82, 2.24) is 19.7 Å². The van der Waals surface area contributed by atoms with Crippen molar-refractivity contribution in [2.45, 2.75) is 26.2 Å². The fourth-order valence-corrected chi connectivity index (χ4v) is 4.60. The van der Waals surface area contributed by atoms with E-state index in [4.69, 9.17) is 10.1 Å². The number of fused-ring (bicyclic) bond motifs is 4. The Hall–Kier alpha value is -4.56. The van der Waals surface area contributed by atoms with Crippen molar-refractivity contribution in [2.24, 2.45) is 0 Å². The Labute approximate surface area is 203 Å². The number of nitrogens with zero attached hydrogens (tertiary/aromatic N) is 5. The van der Waals surface area contributed by atoms with Crippen LogP contribution in [0.3, 0.4) is 0 Å². The van der Waals surface area contributed by atoms with Gasteiger partial charge in [-0.3, -0.25) is 9.97 Å². The monoisotopic (exact) mass is 453 g/mol. The van der Waals surface area contributed by atoms with Gasteiger partial charge in [0, 0.05) is 34.1 Å². The Bertz CT molecular complexity index is 1790. The van der Waals surface area contributed by atoms with Crippen molar-refractivity contribution >= 4 is 32.7 Å². The first-order valence-electron chi connectivity index (χ1n) is 11.6. The highest BCUT2D eigenvalue weighted by molar-refractivity contribution is 6.06. The van der Waals surface area contributed by atoms with Crippen LogP contribution < -0.4 is 0 Å². The second-order valence-corrected chi connectivity index (χ2v) is 9.45. The third-order valence-corrected chi connectivity index (χ3v) is 6.73. The highest BCUT2D eigenvalue weighted by Gasteiger charge is 2.20. The molecule has 0 amide bonds. The minimum atomic E-state index is -0.542. The molecular formula is C30H23N5. The van der Waals surface area contributed by atoms with Crippen molar-refractivity contribution in [3.63, 3.8) is 0 Å². The lowest BCUT2D eigenvalue weighted by molar-refractivity contribution is 0.686. The van der Waals surface area contributed by atoms with Crippen LogP contribution in [0.4, 0.5) is 0 Å². The molecular weight excluding hydrogens is 430 g/mol. The normalized spacial score (nSPS) is 11.8. The molecule has 5 nitrogen and oxygen atoms in total. The van der Waals surface area contributed by atoms with Crippen molar-refractivity contribution in [1.29, 1.82) is 5.26 Å². The Balaban J connectivity index is 1.55. The van der Waals surface area contributed by atoms with Crippen molar-refractivity contribution in [2.75, 3.05) is 0 Å². The number of aromatic nitrogens is 4. The number of para-hydroxylation sites is 1. The average molecular weight is 454 g/mol. The van der Waals surface area contributed by atoms with E-state index in [1.165, 1.54) is 0 Å². The minimum absolute atomic E-state index is 0.542. The van der Waals surface area contributed by atoms with Crippen LogP contribution in [-0.4, -0.2) is 19.7 Å². The van der Waals surface area contributed by atoms with Gasteiger partial charge in [-0.1, -0.05) is 36.4 Å². The zero-order valence-corrected chi connectivity index (χ0v) is 19.8. The SMILES string of the molecule is Cc1nn(-c2ccc(C(C)(C)C#N)cc2)c2c1cnc1ccc(-c3cnc4ccccc4c3)cc12. The minimum Gasteiger partial charge on any atom is -0.256 e. The van der Waals surface area contributed by atoms with Crippen LogP contribution in [0.1, 0.15) is 25.1 Å². The van der Waals surface area contributed by atoms with E-state index in [2.05, 4.69) is 41.4 Å². The molecule has 3 aromatic heterocycles. The molecule has 0 aliphatic carbocycles. The maximum atomic E-state index is 9.50. The highest BCUT2D eigenvalue weighted by atomic mass is 15.3. The molecule has 0 aliphatic rings. The molecule has 6 rings (SSSR count). The van der Waals surface area contributed by atoms with Crippen LogP contribution in [0.15, 0.2) is 85.2 Å². The summed E-state index contributed by atoms with van der Waals surface area (Å²) in [6, 6.07) is 27.1. The molecule has 0 saturated carbocycles. The van der Waals surface area contributed by atoms with E-state index < -0.39 is 5.41 Å². The van der Waals surface area contributed by atoms with Gasteiger partial charge in [0.15, 0.2) is 0 Å². The summed E-state index contributed by atoms with van der Waals surface area (Å²) in [5, 5.41) is 17.5. The summed E-state index contributed by atoms with van der Waals surface area (Å²) in [5.74, 6) is 0. The van der Waals surface area contributed by atoms with E-state index >= 15 is 0 Å². The van der Waals surface area contributed by atoms with Gasteiger partial charge >= 0.3 is 0 Å². The molecule has 5 heteroatoms. The third-order valence-electron chi connectivity index (χ3n) is 6.73. The summed E-state index contributed by atoms with van der Waals surface area (Å²) in [5.41, 5.74) is 7.38. The van der Waals surface area contributed by atoms with Gasteiger partial charge in [-0.25, -0.2) is 4.68 Å². The zero-order chi connectivity index (χ0) is 24.2. The van der Waals surface area contributed by atoms with Crippen LogP contribution >= 0.6 is 0 Å². The molecule has 3 heterocycles. The van der Waals surface area contributed by atoms with Gasteiger partial charge in [-0.2, -0.15) is 10.4 Å². The van der Waals surface area contributed by atoms with Crippen molar-refractivity contribution in [3.8, 4) is 22.9 Å². The number of rotatable bonds is 3. The number of pyridine rings is 2. The van der Waals surface area contributed by atoms with Gasteiger partial charge in [0.25, 0.3) is 0 Å². The fraction of sp³-hybridized carbons (Fsp3) is 0.133. The maximum Gasteiger partial charge on any atom is 0.0853 e. The van der Waals surface area contributed by atoms with Crippen LogP contribution in [-0.2, 0) is 5.41 Å². The van der Waals surface area contributed by atoms with E-state index in [0.717, 1.165) is 60.8 Å². The van der Waals surface area contributed by atoms with Crippen LogP contribution in [0.2, 0.25) is 0 Å². The van der Waals surface area contributed by atoms with E-state index in [1.807, 2.05) is 80.3 Å². The van der Waals surface area contributed by atoms with E-state index in [1.54, 1.807) is 0 Å². The largest absolute Gasteiger partial charge is 0.256 e. The van der Waals surface area contributed by atoms with E-state index in [-0.39, 0.29) is 0 Å². The van der Waals surface area contributed by atoms with Crippen LogP contribution in [0.5, 0.6) is 0 Å². The summed E-state index contributed by atoms with van der Waals surface area (Å²) in [6.45, 7) is 5.87. The molecule has 0 unspecified atom stereocenters. The number of benzene rings is 3. The lowest BCUT2D eigenvalue weighted by Gasteiger charge is -2.16. The summed E-state index contributed by atoms with van der Waals surface area (Å²) >= 11 is 0. The average Bonchev–Trinajstić information content (AvgIpc) is 3.25. The Morgan fingerprint density at radius 2 is 1.57 bits per heavy atom. The Morgan fingerprint density at radius 3 is 2.37 bits per heavy atom. The Kier molecular flexibility index (Phi) is 4.65. The van der Waals surface area contributed by atoms with Crippen molar-refractivity contribution in [3.05, 3.63) is 96.4 Å². The van der Waals surface area contributed by atoms with Gasteiger partial charge in [0.2, 0.25) is 0 Å². The van der Waals surface area contributed by atoms with E-state index in [9.17, 15) is 5.26 Å². The second kappa shape index (κ2) is 7.75. The van der Waals surface area contributed by atoms with Crippen molar-refractivity contribution < 1.29 is 0 Å². The molecule has 6 aromatic rings. The summed E-state index contributed by atoms with van der Waals surface area (Å²) in [6.07, 6.45) is 3.83. The van der Waals surface area contributed by atoms with Gasteiger partial charge in [-0.15, -0.1) is 0 Å². The standard InChI is InChI=1S/C30H23N5/c1-19-26-17-33-28-13-8-20(22-14-21-6-4-5-7-27(21)32-16-22)15-25(28)29(26)35(34-19)24-11-9-23(10-12-24)30(2,3)18-31/h4-17H,1-3H3. The molecule has 0 saturated heterocycles. The smallest absolute Gasteiger partial charge is 0.0853 e. The fourth-order valence-electron chi connectivity index (χ4n) is 4.60. The molecule has 0 bridgehead atoms. The predicted molar refractivity (Wildman–Crippen MR) is 140 cm³/mol. The number of aryl methyl sites for hydroxylation is 1. The third kappa shape index (κ3) is 3.43. The topological polar surface area (TPSA) is 67.4 Å². The molecule has 35 heavy (non-hydrogen) atoms. The quantitative estimate of drug-likeness (QED) is 0.292. The van der Waals surface area contributed by atoms with Gasteiger partial charge in [0.1, 0.15) is 0 Å². The maximum absolute atomic E-state index is 9.50. The molecule has 0 spiro atoms. The first-order chi connectivity index (χ1) is 16.9. The lowest BCUT2D eigenvalue weighted by Crippen LogP contribution is -2.13. The highest BCUT2D eigenvalue weighted by Crippen LogP contribution is 2.33. The number of nitriles is 1. The number of hydrogen-bond donors (Lipinski definition) is 0. The molecule has 0 atom stereocenters. The van der Waals surface area contributed by atoms with Gasteiger partial charge in [-0.05, 0) is 68.3 Å². The van der Waals surface area contributed by atoms with Crippen LogP contribution in [0, 0.1) is 18.3 Å². The molecule has 0 fully saturated rings. The molecule has 0 N–H and O–H groups in total. The molecule has 168 valence electrons. The first kappa shape index (κ1) is 21.0. The summed E-state index contributed by atoms with van der Waals surface area (Å²) in [7, 11) is 0. The number of hydrogen-bond acceptors (Lipinski definition) is 4.